The van der Waals surface area contributed by atoms with Crippen LogP contribution in [0.4, 0.5) is 9.59 Å². The van der Waals surface area contributed by atoms with Crippen molar-refractivity contribution in [1.82, 2.24) is 10.4 Å². The molecule has 0 bridgehead atoms. The minimum atomic E-state index is -0.868. The third-order valence-electron chi connectivity index (χ3n) is 2.06. The number of carbonyl (C=O) groups is 3. The van der Waals surface area contributed by atoms with Crippen molar-refractivity contribution in [2.24, 2.45) is 5.73 Å². The monoisotopic (exact) mass is 317 g/mol. The van der Waals surface area contributed by atoms with Crippen molar-refractivity contribution in [2.75, 3.05) is 6.54 Å². The lowest BCUT2D eigenvalue weighted by molar-refractivity contribution is -0.121. The minimum Gasteiger partial charge on any atom is -0.443 e. The second-order valence-corrected chi connectivity index (χ2v) is 6.94. The van der Waals surface area contributed by atoms with Gasteiger partial charge in [-0.3, -0.25) is 4.79 Å². The Bertz CT molecular complexity index is 421. The van der Waals surface area contributed by atoms with Crippen LogP contribution in [0.25, 0.3) is 0 Å². The van der Waals surface area contributed by atoms with Crippen molar-refractivity contribution in [3.8, 4) is 0 Å². The molecular formula is C14H27N3O5. The van der Waals surface area contributed by atoms with E-state index in [0.29, 0.717) is 0 Å². The number of ether oxygens (including phenoxy) is 2. The molecule has 0 saturated carbocycles. The summed E-state index contributed by atoms with van der Waals surface area (Å²) in [4.78, 5) is 35.5. The third-order valence-corrected chi connectivity index (χ3v) is 2.06. The van der Waals surface area contributed by atoms with E-state index in [2.05, 4.69) is 5.43 Å². The van der Waals surface area contributed by atoms with E-state index < -0.39 is 41.8 Å². The molecule has 0 fully saturated rings. The summed E-state index contributed by atoms with van der Waals surface area (Å²) < 4.78 is 10.2. The molecule has 0 aromatic heterocycles. The highest BCUT2D eigenvalue weighted by molar-refractivity contribution is 5.88. The lowest BCUT2D eigenvalue weighted by Crippen LogP contribution is -2.53. The standard InChI is InChI=1S/C14H27N3O5/c1-9(15)10(18)8-17(12(20)22-14(5,6)7)16-11(19)21-13(2,3)4/h9H,8,15H2,1-7H3,(H,16,19)/t9-/m0/s1. The highest BCUT2D eigenvalue weighted by atomic mass is 16.6. The lowest BCUT2D eigenvalue weighted by Gasteiger charge is -2.28. The number of Topliss-reactive ketones (excluding diaryl/α,β-unsaturated/α-hetero) is 1. The number of amides is 2. The lowest BCUT2D eigenvalue weighted by atomic mass is 10.2. The summed E-state index contributed by atoms with van der Waals surface area (Å²) in [6.07, 6.45) is -1.73. The van der Waals surface area contributed by atoms with Crippen LogP contribution in [0.2, 0.25) is 0 Å². The molecule has 0 aromatic rings. The molecule has 8 nitrogen and oxygen atoms in total. The maximum absolute atomic E-state index is 12.1. The van der Waals surface area contributed by atoms with Gasteiger partial charge in [-0.1, -0.05) is 0 Å². The van der Waals surface area contributed by atoms with Crippen LogP contribution in [-0.4, -0.2) is 46.8 Å². The van der Waals surface area contributed by atoms with Gasteiger partial charge in [-0.15, -0.1) is 0 Å². The van der Waals surface area contributed by atoms with Crippen molar-refractivity contribution < 1.29 is 23.9 Å². The summed E-state index contributed by atoms with van der Waals surface area (Å²) in [7, 11) is 0. The van der Waals surface area contributed by atoms with E-state index in [1.807, 2.05) is 0 Å². The molecule has 0 aliphatic rings. The normalized spacial score (nSPS) is 13.1. The molecule has 0 aliphatic heterocycles. The Morgan fingerprint density at radius 1 is 1.05 bits per heavy atom. The van der Waals surface area contributed by atoms with Gasteiger partial charge in [-0.25, -0.2) is 20.0 Å². The van der Waals surface area contributed by atoms with Gasteiger partial charge in [0, 0.05) is 0 Å². The number of ketones is 1. The van der Waals surface area contributed by atoms with Crippen molar-refractivity contribution in [3.05, 3.63) is 0 Å². The summed E-state index contributed by atoms with van der Waals surface area (Å²) in [6.45, 7) is 11.1. The van der Waals surface area contributed by atoms with Crippen LogP contribution in [-0.2, 0) is 14.3 Å². The van der Waals surface area contributed by atoms with E-state index in [1.54, 1.807) is 41.5 Å². The van der Waals surface area contributed by atoms with Crippen LogP contribution in [0.15, 0.2) is 0 Å². The van der Waals surface area contributed by atoms with Gasteiger partial charge in [0.2, 0.25) is 0 Å². The highest BCUT2D eigenvalue weighted by Crippen LogP contribution is 2.10. The van der Waals surface area contributed by atoms with E-state index in [9.17, 15) is 14.4 Å². The first-order chi connectivity index (χ1) is 9.71. The molecule has 0 saturated heterocycles. The molecule has 3 N–H and O–H groups in total. The van der Waals surface area contributed by atoms with Crippen LogP contribution >= 0.6 is 0 Å². The van der Waals surface area contributed by atoms with Gasteiger partial charge in [0.05, 0.1) is 6.04 Å². The average Bonchev–Trinajstić information content (AvgIpc) is 2.22. The van der Waals surface area contributed by atoms with Gasteiger partial charge in [0.15, 0.2) is 5.78 Å². The minimum absolute atomic E-state index is 0.411. The zero-order valence-corrected chi connectivity index (χ0v) is 14.4. The van der Waals surface area contributed by atoms with E-state index in [4.69, 9.17) is 15.2 Å². The van der Waals surface area contributed by atoms with E-state index >= 15 is 0 Å². The second kappa shape index (κ2) is 7.44. The summed E-state index contributed by atoms with van der Waals surface area (Å²) in [5, 5.41) is 0.755. The van der Waals surface area contributed by atoms with Gasteiger partial charge >= 0.3 is 12.2 Å². The van der Waals surface area contributed by atoms with Crippen molar-refractivity contribution >= 4 is 18.0 Å². The molecule has 0 radical (unpaired) electrons. The Kier molecular flexibility index (Phi) is 6.82. The van der Waals surface area contributed by atoms with Gasteiger partial charge < -0.3 is 15.2 Å². The molecule has 2 amide bonds. The number of nitrogens with zero attached hydrogens (tertiary/aromatic N) is 1. The fraction of sp³-hybridized carbons (Fsp3) is 0.786. The summed E-state index contributed by atoms with van der Waals surface area (Å²) in [6, 6.07) is -0.773. The first-order valence-electron chi connectivity index (χ1n) is 7.00. The smallest absolute Gasteiger partial charge is 0.429 e. The molecule has 8 heteroatoms. The quantitative estimate of drug-likeness (QED) is 0.764. The Morgan fingerprint density at radius 3 is 1.86 bits per heavy atom. The van der Waals surface area contributed by atoms with Gasteiger partial charge in [-0.05, 0) is 48.5 Å². The number of nitrogens with one attached hydrogen (secondary N) is 1. The molecule has 1 atom stereocenters. The molecule has 0 aromatic carbocycles. The molecule has 0 unspecified atom stereocenters. The number of hydrazine groups is 1. The van der Waals surface area contributed by atoms with E-state index in [0.717, 1.165) is 5.01 Å². The molecule has 128 valence electrons. The topological polar surface area (TPSA) is 111 Å². The van der Waals surface area contributed by atoms with Crippen LogP contribution in [0.1, 0.15) is 48.5 Å². The third kappa shape index (κ3) is 9.17. The molecule has 0 heterocycles. The number of rotatable bonds is 3. The maximum atomic E-state index is 12.1. The fourth-order valence-corrected chi connectivity index (χ4v) is 1.18. The summed E-state index contributed by atoms with van der Waals surface area (Å²) >= 11 is 0. The van der Waals surface area contributed by atoms with Gasteiger partial charge in [-0.2, -0.15) is 0 Å². The van der Waals surface area contributed by atoms with Gasteiger partial charge in [0.25, 0.3) is 0 Å². The van der Waals surface area contributed by atoms with Crippen LogP contribution < -0.4 is 11.2 Å². The zero-order chi connectivity index (χ0) is 17.7. The summed E-state index contributed by atoms with van der Waals surface area (Å²) in [5.74, 6) is -0.429. The molecule has 0 spiro atoms. The Hall–Kier alpha value is -1.83. The first-order valence-corrected chi connectivity index (χ1v) is 7.00. The van der Waals surface area contributed by atoms with Crippen LogP contribution in [0.5, 0.6) is 0 Å². The Balaban J connectivity index is 4.97. The Morgan fingerprint density at radius 2 is 1.50 bits per heavy atom. The molecular weight excluding hydrogens is 290 g/mol. The predicted octanol–water partition coefficient (Wildman–Crippen LogP) is 1.58. The number of hydrogen-bond acceptors (Lipinski definition) is 6. The SMILES string of the molecule is C[C@H](N)C(=O)CN(NC(=O)OC(C)(C)C)C(=O)OC(C)(C)C. The number of carbonyl (C=O) groups excluding carboxylic acids is 3. The Labute approximate surface area is 131 Å². The molecule has 22 heavy (non-hydrogen) atoms. The van der Waals surface area contributed by atoms with Crippen molar-refractivity contribution in [3.63, 3.8) is 0 Å². The fourth-order valence-electron chi connectivity index (χ4n) is 1.18. The zero-order valence-electron chi connectivity index (χ0n) is 14.4. The van der Waals surface area contributed by atoms with Crippen LogP contribution in [0.3, 0.4) is 0 Å². The van der Waals surface area contributed by atoms with Gasteiger partial charge in [0.1, 0.15) is 17.7 Å². The van der Waals surface area contributed by atoms with Crippen LogP contribution in [0, 0.1) is 0 Å². The van der Waals surface area contributed by atoms with Crippen molar-refractivity contribution in [1.29, 1.82) is 0 Å². The molecule has 0 rings (SSSR count). The second-order valence-electron chi connectivity index (χ2n) is 6.94. The average molecular weight is 317 g/mol. The van der Waals surface area contributed by atoms with E-state index in [1.165, 1.54) is 6.92 Å². The maximum Gasteiger partial charge on any atom is 0.429 e. The van der Waals surface area contributed by atoms with E-state index in [-0.39, 0.29) is 0 Å². The first kappa shape index (κ1) is 20.2. The number of nitrogens with two attached hydrogens (primary N) is 1. The summed E-state index contributed by atoms with van der Waals surface area (Å²) in [5.41, 5.74) is 6.16. The number of hydrogen-bond donors (Lipinski definition) is 2. The molecule has 0 aliphatic carbocycles. The largest absolute Gasteiger partial charge is 0.443 e. The highest BCUT2D eigenvalue weighted by Gasteiger charge is 2.28. The van der Waals surface area contributed by atoms with Crippen molar-refractivity contribution in [2.45, 2.75) is 65.7 Å². The predicted molar refractivity (Wildman–Crippen MR) is 81.0 cm³/mol.